The Hall–Kier alpha value is -2.21. The van der Waals surface area contributed by atoms with Crippen LogP contribution in [0.15, 0.2) is 34.0 Å². The number of rotatable bonds is 3. The molecule has 1 fully saturated rings. The van der Waals surface area contributed by atoms with Crippen molar-refractivity contribution >= 4 is 11.6 Å². The number of hydrogen-bond acceptors (Lipinski definition) is 4. The van der Waals surface area contributed by atoms with E-state index in [1.807, 2.05) is 6.92 Å². The first-order valence-electron chi connectivity index (χ1n) is 6.48. The molecule has 21 heavy (non-hydrogen) atoms. The lowest BCUT2D eigenvalue weighted by Gasteiger charge is -2.05. The largest absolute Gasteiger partial charge is 0.325 e. The molecule has 108 valence electrons. The maximum absolute atomic E-state index is 11.8. The topological polar surface area (TPSA) is 91.5 Å². The first kappa shape index (κ1) is 13.8. The summed E-state index contributed by atoms with van der Waals surface area (Å²) in [7, 11) is 0. The lowest BCUT2D eigenvalue weighted by Crippen LogP contribution is -2.23. The molecular weight excluding hydrogens is 292 g/mol. The summed E-state index contributed by atoms with van der Waals surface area (Å²) in [5.41, 5.74) is 1.55. The summed E-state index contributed by atoms with van der Waals surface area (Å²) in [6, 6.07) is 1.76. The molecule has 2 atom stereocenters. The summed E-state index contributed by atoms with van der Waals surface area (Å²) in [6.45, 7) is 5.94. The van der Waals surface area contributed by atoms with Crippen LogP contribution in [0.3, 0.4) is 0 Å². The van der Waals surface area contributed by atoms with Crippen LogP contribution in [-0.4, -0.2) is 20.2 Å². The first-order chi connectivity index (χ1) is 9.97. The third-order valence-electron chi connectivity index (χ3n) is 3.69. The quantitative estimate of drug-likeness (QED) is 0.847. The molecule has 6 nitrogen and oxygen atoms in total. The van der Waals surface area contributed by atoms with Gasteiger partial charge in [-0.2, -0.15) is 0 Å². The summed E-state index contributed by atoms with van der Waals surface area (Å²) >= 11 is 6.11. The normalized spacial score (nSPS) is 20.3. The van der Waals surface area contributed by atoms with Gasteiger partial charge in [0.25, 0.3) is 5.56 Å². The van der Waals surface area contributed by atoms with Gasteiger partial charge in [-0.1, -0.05) is 23.8 Å². The van der Waals surface area contributed by atoms with Crippen molar-refractivity contribution in [1.82, 2.24) is 20.2 Å². The maximum atomic E-state index is 11.8. The van der Waals surface area contributed by atoms with Crippen LogP contribution >= 0.6 is 11.6 Å². The molecule has 2 aromatic rings. The second kappa shape index (κ2) is 4.96. The van der Waals surface area contributed by atoms with E-state index in [1.165, 1.54) is 6.20 Å². The van der Waals surface area contributed by atoms with Gasteiger partial charge in [0.05, 0.1) is 5.56 Å². The molecule has 1 saturated carbocycles. The molecule has 7 heteroatoms. The van der Waals surface area contributed by atoms with Crippen LogP contribution < -0.4 is 11.2 Å². The van der Waals surface area contributed by atoms with E-state index < -0.39 is 11.2 Å². The van der Waals surface area contributed by atoms with E-state index in [9.17, 15) is 9.59 Å². The van der Waals surface area contributed by atoms with Crippen molar-refractivity contribution in [2.75, 3.05) is 0 Å². The van der Waals surface area contributed by atoms with Crippen molar-refractivity contribution < 1.29 is 0 Å². The van der Waals surface area contributed by atoms with Gasteiger partial charge in [-0.25, -0.2) is 4.79 Å². The smallest absolute Gasteiger partial charge is 0.313 e. The highest BCUT2D eigenvalue weighted by atomic mass is 35.5. The van der Waals surface area contributed by atoms with Crippen molar-refractivity contribution in [3.05, 3.63) is 56.0 Å². The molecule has 0 spiro atoms. The lowest BCUT2D eigenvalue weighted by atomic mass is 10.1. The van der Waals surface area contributed by atoms with Crippen LogP contribution in [0.5, 0.6) is 0 Å². The van der Waals surface area contributed by atoms with Crippen molar-refractivity contribution in [2.24, 2.45) is 5.92 Å². The average molecular weight is 305 g/mol. The molecule has 0 amide bonds. The van der Waals surface area contributed by atoms with Crippen LogP contribution in [-0.2, 0) is 0 Å². The van der Waals surface area contributed by atoms with Crippen LogP contribution in [0.4, 0.5) is 0 Å². The van der Waals surface area contributed by atoms with Crippen molar-refractivity contribution in [3.8, 4) is 11.3 Å². The summed E-state index contributed by atoms with van der Waals surface area (Å²) < 4.78 is 0. The molecule has 0 aromatic carbocycles. The Kier molecular flexibility index (Phi) is 3.25. The van der Waals surface area contributed by atoms with Gasteiger partial charge in [-0.3, -0.25) is 9.78 Å². The number of aromatic nitrogens is 4. The molecule has 1 aliphatic carbocycles. The Bertz CT molecular complexity index is 839. The standard InChI is InChI=1S/C14H13ClN4O2/c1-6(2)7-3-8(7)9-4-11(18-19-12(9)15)10-5-16-14(21)17-13(10)20/h4-5,7-8H,1,3H2,2H3,(H2,16,17,20,21)/t7-,8+/m1/s1. The number of halogens is 1. The monoisotopic (exact) mass is 304 g/mol. The van der Waals surface area contributed by atoms with E-state index in [2.05, 4.69) is 26.7 Å². The van der Waals surface area contributed by atoms with Gasteiger partial charge in [0.1, 0.15) is 5.69 Å². The van der Waals surface area contributed by atoms with E-state index in [1.54, 1.807) is 6.07 Å². The molecule has 3 rings (SSSR count). The second-order valence-electron chi connectivity index (χ2n) is 5.26. The van der Waals surface area contributed by atoms with E-state index in [0.717, 1.165) is 17.6 Å². The van der Waals surface area contributed by atoms with E-state index in [0.29, 0.717) is 16.8 Å². The zero-order valence-corrected chi connectivity index (χ0v) is 12.1. The van der Waals surface area contributed by atoms with Gasteiger partial charge < -0.3 is 4.98 Å². The second-order valence-corrected chi connectivity index (χ2v) is 5.61. The van der Waals surface area contributed by atoms with E-state index >= 15 is 0 Å². The number of nitrogens with one attached hydrogen (secondary N) is 2. The zero-order valence-electron chi connectivity index (χ0n) is 11.3. The van der Waals surface area contributed by atoms with Gasteiger partial charge in [0, 0.05) is 6.20 Å². The highest BCUT2D eigenvalue weighted by Crippen LogP contribution is 2.52. The summed E-state index contributed by atoms with van der Waals surface area (Å²) in [4.78, 5) is 27.4. The van der Waals surface area contributed by atoms with Gasteiger partial charge in [0.2, 0.25) is 0 Å². The molecular formula is C14H13ClN4O2. The molecule has 0 aliphatic heterocycles. The van der Waals surface area contributed by atoms with Crippen LogP contribution in [0.25, 0.3) is 11.3 Å². The minimum absolute atomic E-state index is 0.257. The minimum Gasteiger partial charge on any atom is -0.313 e. The first-order valence-corrected chi connectivity index (χ1v) is 6.86. The molecule has 2 heterocycles. The Labute approximate surface area is 124 Å². The molecule has 0 saturated heterocycles. The van der Waals surface area contributed by atoms with Gasteiger partial charge in [-0.05, 0) is 36.8 Å². The highest BCUT2D eigenvalue weighted by molar-refractivity contribution is 6.30. The zero-order chi connectivity index (χ0) is 15.1. The van der Waals surface area contributed by atoms with Gasteiger partial charge >= 0.3 is 5.69 Å². The van der Waals surface area contributed by atoms with Crippen molar-refractivity contribution in [3.63, 3.8) is 0 Å². The van der Waals surface area contributed by atoms with E-state index in [4.69, 9.17) is 11.6 Å². The molecule has 0 bridgehead atoms. The summed E-state index contributed by atoms with van der Waals surface area (Å²) in [5.74, 6) is 0.666. The summed E-state index contributed by atoms with van der Waals surface area (Å²) in [5, 5.41) is 8.19. The van der Waals surface area contributed by atoms with Crippen LogP contribution in [0.1, 0.15) is 24.8 Å². The highest BCUT2D eigenvalue weighted by Gasteiger charge is 2.40. The summed E-state index contributed by atoms with van der Waals surface area (Å²) in [6.07, 6.45) is 2.30. The Morgan fingerprint density at radius 1 is 1.43 bits per heavy atom. The lowest BCUT2D eigenvalue weighted by molar-refractivity contribution is 0.915. The predicted molar refractivity (Wildman–Crippen MR) is 79.4 cm³/mol. The molecule has 2 aromatic heterocycles. The molecule has 0 unspecified atom stereocenters. The fourth-order valence-corrected chi connectivity index (χ4v) is 2.70. The van der Waals surface area contributed by atoms with Crippen LogP contribution in [0, 0.1) is 5.92 Å². The fourth-order valence-electron chi connectivity index (χ4n) is 2.47. The van der Waals surface area contributed by atoms with Crippen LogP contribution in [0.2, 0.25) is 5.15 Å². The number of nitrogens with zero attached hydrogens (tertiary/aromatic N) is 2. The third-order valence-corrected chi connectivity index (χ3v) is 3.99. The molecule has 0 radical (unpaired) electrons. The Balaban J connectivity index is 2.04. The maximum Gasteiger partial charge on any atom is 0.325 e. The Morgan fingerprint density at radius 3 is 2.81 bits per heavy atom. The van der Waals surface area contributed by atoms with Gasteiger partial charge in [0.15, 0.2) is 5.15 Å². The SMILES string of the molecule is C=C(C)[C@H]1C[C@@H]1c1cc(-c2c[nH]c(=O)[nH]c2=O)nnc1Cl. The predicted octanol–water partition coefficient (Wildman–Crippen LogP) is 1.85. The molecule has 2 N–H and O–H groups in total. The number of aromatic amines is 2. The van der Waals surface area contributed by atoms with Crippen molar-refractivity contribution in [1.29, 1.82) is 0 Å². The molecule has 1 aliphatic rings. The van der Waals surface area contributed by atoms with Crippen molar-refractivity contribution in [2.45, 2.75) is 19.3 Å². The van der Waals surface area contributed by atoms with E-state index in [-0.39, 0.29) is 11.5 Å². The number of H-pyrrole nitrogens is 2. The third kappa shape index (κ3) is 2.54. The Morgan fingerprint density at radius 2 is 2.19 bits per heavy atom. The average Bonchev–Trinajstić information content (AvgIpc) is 3.20. The number of hydrogen-bond donors (Lipinski definition) is 2. The number of allylic oxidation sites excluding steroid dienone is 1. The fraction of sp³-hybridized carbons (Fsp3) is 0.286. The minimum atomic E-state index is -0.560. The van der Waals surface area contributed by atoms with Gasteiger partial charge in [-0.15, -0.1) is 10.2 Å².